The van der Waals surface area contributed by atoms with Gasteiger partial charge in [-0.2, -0.15) is 0 Å². The number of nitrogens with zero attached hydrogens (tertiary/aromatic N) is 2. The third-order valence-electron chi connectivity index (χ3n) is 6.76. The lowest BCUT2D eigenvalue weighted by molar-refractivity contribution is 0.132. The van der Waals surface area contributed by atoms with Gasteiger partial charge in [0.1, 0.15) is 5.82 Å². The van der Waals surface area contributed by atoms with E-state index in [2.05, 4.69) is 36.6 Å². The van der Waals surface area contributed by atoms with Crippen molar-refractivity contribution in [1.82, 2.24) is 4.90 Å². The molecule has 168 valence electrons. The van der Waals surface area contributed by atoms with Crippen molar-refractivity contribution in [2.75, 3.05) is 13.1 Å². The molecule has 0 aromatic heterocycles. The van der Waals surface area contributed by atoms with Gasteiger partial charge >= 0.3 is 0 Å². The van der Waals surface area contributed by atoms with Gasteiger partial charge in [0.25, 0.3) is 0 Å². The summed E-state index contributed by atoms with van der Waals surface area (Å²) in [6.07, 6.45) is 10.3. The molecule has 0 atom stereocenters. The van der Waals surface area contributed by atoms with Gasteiger partial charge in [0.15, 0.2) is 0 Å². The standard InChI is InChI=1S/C27H30Cl2N2S/c1-3-24(31-18-16-27(17-19-31)14-7-8-15-27)30-26(21-10-5-4-6-11-21)20(2)32-23-13-9-12-22(28)25(23)29/h3-6,9-13H,2,7-8,14-19H2,1H3/b24-3+,30-26+. The van der Waals surface area contributed by atoms with E-state index in [1.54, 1.807) is 6.07 Å². The van der Waals surface area contributed by atoms with Gasteiger partial charge in [0.2, 0.25) is 0 Å². The normalized spacial score (nSPS) is 18.9. The fourth-order valence-electron chi connectivity index (χ4n) is 4.90. The quantitative estimate of drug-likeness (QED) is 0.301. The molecule has 0 N–H and O–H groups in total. The first-order valence-corrected chi connectivity index (χ1v) is 13.0. The minimum Gasteiger partial charge on any atom is -0.357 e. The van der Waals surface area contributed by atoms with Crippen LogP contribution < -0.4 is 0 Å². The molecule has 2 aromatic rings. The maximum Gasteiger partial charge on any atom is 0.124 e. The molecule has 1 spiro atoms. The van der Waals surface area contributed by atoms with Crippen LogP contribution in [-0.4, -0.2) is 23.7 Å². The third kappa shape index (κ3) is 5.27. The smallest absolute Gasteiger partial charge is 0.124 e. The summed E-state index contributed by atoms with van der Waals surface area (Å²) in [7, 11) is 0. The Balaban J connectivity index is 1.59. The first-order chi connectivity index (χ1) is 15.5. The van der Waals surface area contributed by atoms with Gasteiger partial charge in [-0.1, -0.05) is 90.8 Å². The zero-order valence-corrected chi connectivity index (χ0v) is 20.9. The van der Waals surface area contributed by atoms with Crippen molar-refractivity contribution in [3.63, 3.8) is 0 Å². The van der Waals surface area contributed by atoms with Crippen LogP contribution in [0, 0.1) is 5.41 Å². The number of rotatable bonds is 6. The van der Waals surface area contributed by atoms with Crippen molar-refractivity contribution < 1.29 is 0 Å². The number of thioether (sulfide) groups is 1. The van der Waals surface area contributed by atoms with Gasteiger partial charge in [-0.05, 0) is 56.2 Å². The molecule has 1 aliphatic carbocycles. The monoisotopic (exact) mass is 484 g/mol. The number of allylic oxidation sites excluding steroid dienone is 2. The van der Waals surface area contributed by atoms with E-state index < -0.39 is 0 Å². The van der Waals surface area contributed by atoms with Crippen LogP contribution in [0.5, 0.6) is 0 Å². The second-order valence-electron chi connectivity index (χ2n) is 8.74. The van der Waals surface area contributed by atoms with E-state index >= 15 is 0 Å². The zero-order valence-electron chi connectivity index (χ0n) is 18.6. The molecule has 2 fully saturated rings. The first-order valence-electron chi connectivity index (χ1n) is 11.4. The van der Waals surface area contributed by atoms with Crippen LogP contribution in [0.1, 0.15) is 51.0 Å². The van der Waals surface area contributed by atoms with Crippen LogP contribution in [-0.2, 0) is 0 Å². The van der Waals surface area contributed by atoms with Gasteiger partial charge in [0, 0.05) is 28.5 Å². The molecule has 0 unspecified atom stereocenters. The lowest BCUT2D eigenvalue weighted by Gasteiger charge is -2.40. The number of halogens is 2. The van der Waals surface area contributed by atoms with Gasteiger partial charge in [-0.25, -0.2) is 4.99 Å². The van der Waals surface area contributed by atoms with E-state index in [1.165, 1.54) is 50.3 Å². The highest BCUT2D eigenvalue weighted by Crippen LogP contribution is 2.46. The molecule has 1 saturated heterocycles. The van der Waals surface area contributed by atoms with E-state index in [0.29, 0.717) is 15.5 Å². The van der Waals surface area contributed by atoms with Crippen molar-refractivity contribution in [3.8, 4) is 0 Å². The van der Waals surface area contributed by atoms with Crippen LogP contribution in [0.15, 0.2) is 81.8 Å². The van der Waals surface area contributed by atoms with Crippen molar-refractivity contribution in [3.05, 3.63) is 87.5 Å². The highest BCUT2D eigenvalue weighted by atomic mass is 35.5. The lowest BCUT2D eigenvalue weighted by atomic mass is 9.77. The van der Waals surface area contributed by atoms with Crippen LogP contribution in [0.4, 0.5) is 0 Å². The molecule has 2 aromatic carbocycles. The zero-order chi connectivity index (χ0) is 22.6. The maximum absolute atomic E-state index is 6.45. The Labute approximate surface area is 206 Å². The number of aliphatic imine (C=N–C) groups is 1. The summed E-state index contributed by atoms with van der Waals surface area (Å²) in [4.78, 5) is 9.34. The maximum atomic E-state index is 6.45. The molecule has 5 heteroatoms. The van der Waals surface area contributed by atoms with Crippen LogP contribution in [0.25, 0.3) is 0 Å². The highest BCUT2D eigenvalue weighted by Gasteiger charge is 2.37. The second kappa shape index (κ2) is 10.5. The Hall–Kier alpha value is -1.68. The van der Waals surface area contributed by atoms with Crippen molar-refractivity contribution in [2.45, 2.75) is 50.3 Å². The van der Waals surface area contributed by atoms with E-state index in [-0.39, 0.29) is 0 Å². The third-order valence-corrected chi connectivity index (χ3v) is 8.69. The summed E-state index contributed by atoms with van der Waals surface area (Å²) in [5.74, 6) is 1.02. The summed E-state index contributed by atoms with van der Waals surface area (Å²) < 4.78 is 0. The summed E-state index contributed by atoms with van der Waals surface area (Å²) in [5.41, 5.74) is 2.51. The molecule has 1 aliphatic heterocycles. The molecule has 4 rings (SSSR count). The van der Waals surface area contributed by atoms with Crippen molar-refractivity contribution in [1.29, 1.82) is 0 Å². The first kappa shape index (κ1) is 23.5. The van der Waals surface area contributed by atoms with Crippen LogP contribution in [0.3, 0.4) is 0 Å². The molecular formula is C27H30Cl2N2S. The van der Waals surface area contributed by atoms with Crippen molar-refractivity contribution >= 4 is 40.7 Å². The molecule has 0 radical (unpaired) electrons. The molecule has 1 saturated carbocycles. The Morgan fingerprint density at radius 3 is 2.34 bits per heavy atom. The summed E-state index contributed by atoms with van der Waals surface area (Å²) >= 11 is 14.2. The molecule has 0 bridgehead atoms. The number of hydrogen-bond donors (Lipinski definition) is 0. The van der Waals surface area contributed by atoms with Crippen molar-refractivity contribution in [2.24, 2.45) is 10.4 Å². The van der Waals surface area contributed by atoms with Gasteiger partial charge in [-0.15, -0.1) is 0 Å². The molecule has 32 heavy (non-hydrogen) atoms. The average molecular weight is 486 g/mol. The topological polar surface area (TPSA) is 15.6 Å². The number of hydrogen-bond acceptors (Lipinski definition) is 3. The predicted octanol–water partition coefficient (Wildman–Crippen LogP) is 8.61. The van der Waals surface area contributed by atoms with Crippen LogP contribution >= 0.6 is 35.0 Å². The Morgan fingerprint density at radius 2 is 1.69 bits per heavy atom. The SMILES string of the molecule is C=C(Sc1cccc(Cl)c1Cl)/C(=N\C(=C/C)N1CCC2(CCCC2)CC1)c1ccccc1. The average Bonchev–Trinajstić information content (AvgIpc) is 3.27. The Bertz CT molecular complexity index is 1010. The second-order valence-corrected chi connectivity index (χ2v) is 10.7. The lowest BCUT2D eigenvalue weighted by Crippen LogP contribution is -2.38. The highest BCUT2D eigenvalue weighted by molar-refractivity contribution is 8.04. The molecule has 0 amide bonds. The van der Waals surface area contributed by atoms with Crippen LogP contribution in [0.2, 0.25) is 10.0 Å². The van der Waals surface area contributed by atoms with E-state index in [1.807, 2.05) is 30.3 Å². The van der Waals surface area contributed by atoms with Gasteiger partial charge in [0.05, 0.1) is 15.8 Å². The van der Waals surface area contributed by atoms with E-state index in [9.17, 15) is 0 Å². The molecule has 2 nitrogen and oxygen atoms in total. The largest absolute Gasteiger partial charge is 0.357 e. The minimum absolute atomic E-state index is 0.547. The summed E-state index contributed by atoms with van der Waals surface area (Å²) in [6.45, 7) is 8.60. The predicted molar refractivity (Wildman–Crippen MR) is 140 cm³/mol. The van der Waals surface area contributed by atoms with E-state index in [4.69, 9.17) is 28.2 Å². The number of benzene rings is 2. The number of piperidine rings is 1. The van der Waals surface area contributed by atoms with Gasteiger partial charge < -0.3 is 4.90 Å². The Kier molecular flexibility index (Phi) is 7.70. The number of likely N-dealkylation sites (tertiary alicyclic amines) is 1. The van der Waals surface area contributed by atoms with Gasteiger partial charge in [-0.3, -0.25) is 0 Å². The molecule has 2 aliphatic rings. The van der Waals surface area contributed by atoms with E-state index in [0.717, 1.165) is 40.0 Å². The molecule has 1 heterocycles. The summed E-state index contributed by atoms with van der Waals surface area (Å²) in [6, 6.07) is 15.9. The Morgan fingerprint density at radius 1 is 1.00 bits per heavy atom. The fraction of sp³-hybridized carbons (Fsp3) is 0.370. The minimum atomic E-state index is 0.547. The molecular weight excluding hydrogens is 455 g/mol. The fourth-order valence-corrected chi connectivity index (χ4v) is 6.24. The summed E-state index contributed by atoms with van der Waals surface area (Å²) in [5, 5.41) is 1.10.